The van der Waals surface area contributed by atoms with E-state index in [-0.39, 0.29) is 11.1 Å². The van der Waals surface area contributed by atoms with Gasteiger partial charge < -0.3 is 4.90 Å². The molecule has 0 N–H and O–H groups in total. The number of nitrogens with zero attached hydrogens (tertiary/aromatic N) is 2. The Labute approximate surface area is 127 Å². The molecule has 0 radical (unpaired) electrons. The quantitative estimate of drug-likeness (QED) is 0.704. The number of hydrogen-bond acceptors (Lipinski definition) is 2. The summed E-state index contributed by atoms with van der Waals surface area (Å²) < 4.78 is 0. The van der Waals surface area contributed by atoms with Gasteiger partial charge in [-0.3, -0.25) is 4.79 Å². The van der Waals surface area contributed by atoms with Gasteiger partial charge in [-0.25, -0.2) is 4.98 Å². The van der Waals surface area contributed by atoms with Crippen molar-refractivity contribution in [2.24, 2.45) is 11.8 Å². The molecular weight excluding hydrogens is 272 g/mol. The number of aromatic nitrogens is 1. The number of pyridine rings is 1. The van der Waals surface area contributed by atoms with Crippen molar-refractivity contribution in [3.05, 3.63) is 29.0 Å². The van der Waals surface area contributed by atoms with Gasteiger partial charge in [0, 0.05) is 19.3 Å². The van der Waals surface area contributed by atoms with Gasteiger partial charge in [-0.05, 0) is 36.8 Å². The van der Waals surface area contributed by atoms with Crippen LogP contribution in [0.2, 0.25) is 5.15 Å². The lowest BCUT2D eigenvalue weighted by atomic mass is 10.1. The monoisotopic (exact) mass is 296 g/mol. The van der Waals surface area contributed by atoms with E-state index in [9.17, 15) is 4.79 Å². The highest BCUT2D eigenvalue weighted by Crippen LogP contribution is 2.16. The van der Waals surface area contributed by atoms with E-state index < -0.39 is 0 Å². The Morgan fingerprint density at radius 1 is 1.20 bits per heavy atom. The molecule has 0 aliphatic carbocycles. The molecule has 1 aromatic heterocycles. The third-order valence-corrected chi connectivity index (χ3v) is 3.53. The molecule has 20 heavy (non-hydrogen) atoms. The first-order chi connectivity index (χ1) is 9.41. The first-order valence-electron chi connectivity index (χ1n) is 7.31. The third-order valence-electron chi connectivity index (χ3n) is 3.23. The van der Waals surface area contributed by atoms with Gasteiger partial charge in [-0.15, -0.1) is 0 Å². The SMILES string of the molecule is CC(C)CCN(CCC(C)C)C(=O)c1cccnc1Cl. The summed E-state index contributed by atoms with van der Waals surface area (Å²) in [5.41, 5.74) is 0.502. The second-order valence-electron chi connectivity index (χ2n) is 6.00. The maximum absolute atomic E-state index is 12.6. The Morgan fingerprint density at radius 3 is 2.20 bits per heavy atom. The number of amides is 1. The Bertz CT molecular complexity index is 420. The average molecular weight is 297 g/mol. The maximum Gasteiger partial charge on any atom is 0.256 e. The standard InChI is InChI=1S/C16H25ClN2O/c1-12(2)7-10-19(11-8-13(3)4)16(20)14-6-5-9-18-15(14)17/h5-6,9,12-13H,7-8,10-11H2,1-4H3. The molecule has 112 valence electrons. The van der Waals surface area contributed by atoms with E-state index in [0.717, 1.165) is 25.9 Å². The molecule has 0 unspecified atom stereocenters. The van der Waals surface area contributed by atoms with Crippen LogP contribution in [-0.4, -0.2) is 28.9 Å². The summed E-state index contributed by atoms with van der Waals surface area (Å²) in [6.45, 7) is 10.2. The normalized spacial score (nSPS) is 11.2. The third kappa shape index (κ3) is 5.49. The first-order valence-corrected chi connectivity index (χ1v) is 7.69. The molecule has 0 spiro atoms. The number of carbonyl (C=O) groups is 1. The Morgan fingerprint density at radius 2 is 1.75 bits per heavy atom. The summed E-state index contributed by atoms with van der Waals surface area (Å²) in [5, 5.41) is 0.289. The zero-order valence-electron chi connectivity index (χ0n) is 12.9. The van der Waals surface area contributed by atoms with Crippen LogP contribution in [0.5, 0.6) is 0 Å². The molecule has 1 rings (SSSR count). The van der Waals surface area contributed by atoms with E-state index in [1.165, 1.54) is 0 Å². The maximum atomic E-state index is 12.6. The van der Waals surface area contributed by atoms with Crippen molar-refractivity contribution in [2.45, 2.75) is 40.5 Å². The molecule has 1 amide bonds. The van der Waals surface area contributed by atoms with E-state index >= 15 is 0 Å². The molecule has 1 aromatic rings. The summed E-state index contributed by atoms with van der Waals surface area (Å²) in [5.74, 6) is 1.15. The van der Waals surface area contributed by atoms with Crippen molar-refractivity contribution in [2.75, 3.05) is 13.1 Å². The highest BCUT2D eigenvalue weighted by atomic mass is 35.5. The van der Waals surface area contributed by atoms with Crippen LogP contribution in [0.15, 0.2) is 18.3 Å². The van der Waals surface area contributed by atoms with Crippen LogP contribution in [0.25, 0.3) is 0 Å². The minimum Gasteiger partial charge on any atom is -0.339 e. The molecule has 0 bridgehead atoms. The summed E-state index contributed by atoms with van der Waals surface area (Å²) in [7, 11) is 0. The van der Waals surface area contributed by atoms with E-state index in [0.29, 0.717) is 17.4 Å². The van der Waals surface area contributed by atoms with Gasteiger partial charge in [-0.1, -0.05) is 39.3 Å². The molecule has 4 heteroatoms. The van der Waals surface area contributed by atoms with Crippen molar-refractivity contribution in [3.8, 4) is 0 Å². The van der Waals surface area contributed by atoms with E-state index in [4.69, 9.17) is 11.6 Å². The lowest BCUT2D eigenvalue weighted by Gasteiger charge is -2.24. The fourth-order valence-corrected chi connectivity index (χ4v) is 2.06. The highest BCUT2D eigenvalue weighted by molar-refractivity contribution is 6.32. The van der Waals surface area contributed by atoms with Gasteiger partial charge in [0.15, 0.2) is 0 Å². The number of rotatable bonds is 7. The second-order valence-corrected chi connectivity index (χ2v) is 6.36. The van der Waals surface area contributed by atoms with Crippen LogP contribution in [0, 0.1) is 11.8 Å². The fourth-order valence-electron chi connectivity index (χ4n) is 1.86. The molecule has 0 aromatic carbocycles. The predicted molar refractivity (Wildman–Crippen MR) is 84.1 cm³/mol. The number of carbonyl (C=O) groups excluding carboxylic acids is 1. The van der Waals surface area contributed by atoms with Crippen LogP contribution >= 0.6 is 11.6 Å². The van der Waals surface area contributed by atoms with Crippen molar-refractivity contribution < 1.29 is 4.79 Å². The zero-order valence-corrected chi connectivity index (χ0v) is 13.7. The van der Waals surface area contributed by atoms with Crippen molar-refractivity contribution in [3.63, 3.8) is 0 Å². The van der Waals surface area contributed by atoms with Gasteiger partial charge >= 0.3 is 0 Å². The molecule has 3 nitrogen and oxygen atoms in total. The predicted octanol–water partition coefficient (Wildman–Crippen LogP) is 4.27. The Balaban J connectivity index is 2.80. The average Bonchev–Trinajstić information content (AvgIpc) is 2.38. The zero-order chi connectivity index (χ0) is 15.1. The van der Waals surface area contributed by atoms with Gasteiger partial charge in [0.1, 0.15) is 5.15 Å². The van der Waals surface area contributed by atoms with E-state index in [2.05, 4.69) is 32.7 Å². The molecule has 0 atom stereocenters. The van der Waals surface area contributed by atoms with E-state index in [1.807, 2.05) is 4.90 Å². The Kier molecular flexibility index (Phi) is 7.00. The molecule has 0 aliphatic heterocycles. The number of hydrogen-bond donors (Lipinski definition) is 0. The van der Waals surface area contributed by atoms with Crippen molar-refractivity contribution in [1.82, 2.24) is 9.88 Å². The minimum absolute atomic E-state index is 0.00981. The number of halogens is 1. The van der Waals surface area contributed by atoms with Crippen LogP contribution in [0.3, 0.4) is 0 Å². The molecule has 0 aliphatic rings. The van der Waals surface area contributed by atoms with Crippen LogP contribution in [-0.2, 0) is 0 Å². The summed E-state index contributed by atoms with van der Waals surface area (Å²) in [6.07, 6.45) is 3.61. The molecule has 0 saturated heterocycles. The van der Waals surface area contributed by atoms with Gasteiger partial charge in [-0.2, -0.15) is 0 Å². The summed E-state index contributed by atoms with van der Waals surface area (Å²) >= 11 is 6.03. The summed E-state index contributed by atoms with van der Waals surface area (Å²) in [6, 6.07) is 3.50. The first kappa shape index (κ1) is 17.0. The van der Waals surface area contributed by atoms with Gasteiger partial charge in [0.05, 0.1) is 5.56 Å². The minimum atomic E-state index is -0.00981. The van der Waals surface area contributed by atoms with Crippen LogP contribution < -0.4 is 0 Å². The summed E-state index contributed by atoms with van der Waals surface area (Å²) in [4.78, 5) is 18.5. The van der Waals surface area contributed by atoms with Crippen LogP contribution in [0.4, 0.5) is 0 Å². The molecule has 0 fully saturated rings. The lowest BCUT2D eigenvalue weighted by molar-refractivity contribution is 0.0740. The van der Waals surface area contributed by atoms with E-state index in [1.54, 1.807) is 18.3 Å². The second kappa shape index (κ2) is 8.25. The topological polar surface area (TPSA) is 33.2 Å². The molecular formula is C16H25ClN2O. The fraction of sp³-hybridized carbons (Fsp3) is 0.625. The van der Waals surface area contributed by atoms with Crippen molar-refractivity contribution >= 4 is 17.5 Å². The molecule has 0 saturated carbocycles. The Hall–Kier alpha value is -1.09. The molecule has 1 heterocycles. The van der Waals surface area contributed by atoms with Crippen LogP contribution in [0.1, 0.15) is 50.9 Å². The largest absolute Gasteiger partial charge is 0.339 e. The van der Waals surface area contributed by atoms with Crippen molar-refractivity contribution in [1.29, 1.82) is 0 Å². The van der Waals surface area contributed by atoms with Gasteiger partial charge in [0.2, 0.25) is 0 Å². The lowest BCUT2D eigenvalue weighted by Crippen LogP contribution is -2.34. The smallest absolute Gasteiger partial charge is 0.256 e. The van der Waals surface area contributed by atoms with Gasteiger partial charge in [0.25, 0.3) is 5.91 Å². The highest BCUT2D eigenvalue weighted by Gasteiger charge is 2.19.